The number of carbonyl (C=O) groups excluding carboxylic acids is 2. The van der Waals surface area contributed by atoms with Gasteiger partial charge in [0.25, 0.3) is 0 Å². The molecule has 1 aromatic rings. The van der Waals surface area contributed by atoms with Gasteiger partial charge in [0.15, 0.2) is 0 Å². The van der Waals surface area contributed by atoms with Crippen LogP contribution < -0.4 is 5.32 Å². The molecular weight excluding hydrogens is 466 g/mol. The standard InChI is InChI=1S/C23H33N5O2.C4H8O.C2H6/c1-5-22(30-4)19-10-8-18(9-11-19)13-26-23(29)21-16-28(14-17(2)27(21)3)15-20(25)7-6-12-24;1-4(2)3-5;1-2/h5-12,17,21,24-25H,13-16H2,1-4H3,(H,26,29);3-4H,1-2H3;1-2H3/b7-6-,22-5-,24-12?,25-20?;;. The summed E-state index contributed by atoms with van der Waals surface area (Å²) in [6, 6.07) is 7.91. The molecule has 8 nitrogen and oxygen atoms in total. The molecule has 0 aromatic heterocycles. The van der Waals surface area contributed by atoms with Crippen LogP contribution >= 0.6 is 0 Å². The summed E-state index contributed by atoms with van der Waals surface area (Å²) in [6.07, 6.45) is 7.17. The van der Waals surface area contributed by atoms with Crippen LogP contribution in [0.1, 0.15) is 52.7 Å². The number of rotatable bonds is 10. The Morgan fingerprint density at radius 1 is 1.22 bits per heavy atom. The second-order valence-corrected chi connectivity index (χ2v) is 8.93. The maximum Gasteiger partial charge on any atom is 0.238 e. The number of carbonyl (C=O) groups is 2. The average molecular weight is 514 g/mol. The summed E-state index contributed by atoms with van der Waals surface area (Å²) < 4.78 is 5.33. The van der Waals surface area contributed by atoms with Crippen LogP contribution in [0.25, 0.3) is 5.76 Å². The molecule has 1 heterocycles. The van der Waals surface area contributed by atoms with E-state index in [2.05, 4.69) is 22.0 Å². The zero-order chi connectivity index (χ0) is 28.4. The van der Waals surface area contributed by atoms with Crippen LogP contribution in [0.3, 0.4) is 0 Å². The molecule has 1 aromatic carbocycles. The first-order valence-corrected chi connectivity index (χ1v) is 12.9. The SMILES string of the molecule is C/C=C(\OC)c1ccc(CNC(=O)C2CN(CC(=N)/C=C\C=N)CC(C)N2C)cc1.CC.CC(C)C=O. The highest BCUT2D eigenvalue weighted by Crippen LogP contribution is 2.17. The van der Waals surface area contributed by atoms with E-state index in [1.807, 2.05) is 72.0 Å². The second-order valence-electron chi connectivity index (χ2n) is 8.93. The molecule has 0 spiro atoms. The van der Waals surface area contributed by atoms with Gasteiger partial charge in [-0.1, -0.05) is 52.0 Å². The Labute approximate surface area is 223 Å². The number of amides is 1. The van der Waals surface area contributed by atoms with Gasteiger partial charge in [-0.3, -0.25) is 14.6 Å². The minimum Gasteiger partial charge on any atom is -0.496 e. The van der Waals surface area contributed by atoms with E-state index in [-0.39, 0.29) is 23.9 Å². The van der Waals surface area contributed by atoms with E-state index >= 15 is 0 Å². The molecule has 1 fully saturated rings. The number of nitrogens with zero attached hydrogens (tertiary/aromatic N) is 2. The van der Waals surface area contributed by atoms with E-state index in [1.54, 1.807) is 19.3 Å². The lowest BCUT2D eigenvalue weighted by atomic mass is 10.1. The predicted octanol–water partition coefficient (Wildman–Crippen LogP) is 4.41. The molecule has 3 N–H and O–H groups in total. The summed E-state index contributed by atoms with van der Waals surface area (Å²) >= 11 is 0. The van der Waals surface area contributed by atoms with Crippen LogP contribution in [0, 0.1) is 16.7 Å². The molecule has 0 saturated carbocycles. The van der Waals surface area contributed by atoms with Gasteiger partial charge < -0.3 is 25.7 Å². The summed E-state index contributed by atoms with van der Waals surface area (Å²) in [7, 11) is 3.63. The van der Waals surface area contributed by atoms with Crippen molar-refractivity contribution in [1.82, 2.24) is 15.1 Å². The van der Waals surface area contributed by atoms with E-state index in [1.165, 1.54) is 6.21 Å². The van der Waals surface area contributed by atoms with Crippen molar-refractivity contribution in [1.29, 1.82) is 10.8 Å². The number of aldehydes is 1. The topological polar surface area (TPSA) is 110 Å². The van der Waals surface area contributed by atoms with Crippen LogP contribution in [0.15, 0.2) is 42.5 Å². The van der Waals surface area contributed by atoms with Crippen LogP contribution in [0.4, 0.5) is 0 Å². The van der Waals surface area contributed by atoms with Crippen LogP contribution in [-0.4, -0.2) is 79.8 Å². The molecular formula is C29H47N5O3. The van der Waals surface area contributed by atoms with Crippen LogP contribution in [0.2, 0.25) is 0 Å². The third-order valence-corrected chi connectivity index (χ3v) is 5.69. The molecule has 2 atom stereocenters. The van der Waals surface area contributed by atoms with Gasteiger partial charge in [0.05, 0.1) is 7.11 Å². The second kappa shape index (κ2) is 19.1. The first kappa shape index (κ1) is 33.9. The highest BCUT2D eigenvalue weighted by molar-refractivity contribution is 5.96. The number of allylic oxidation sites excluding steroid dienone is 2. The van der Waals surface area contributed by atoms with Gasteiger partial charge >= 0.3 is 0 Å². The molecule has 2 rings (SSSR count). The number of likely N-dealkylation sites (N-methyl/N-ethyl adjacent to an activating group) is 1. The number of benzene rings is 1. The van der Waals surface area contributed by atoms with Crippen molar-refractivity contribution in [3.8, 4) is 0 Å². The fourth-order valence-corrected chi connectivity index (χ4v) is 3.61. The fourth-order valence-electron chi connectivity index (χ4n) is 3.61. The molecule has 206 valence electrons. The monoisotopic (exact) mass is 513 g/mol. The predicted molar refractivity (Wildman–Crippen MR) is 154 cm³/mol. The largest absolute Gasteiger partial charge is 0.496 e. The van der Waals surface area contributed by atoms with Gasteiger partial charge in [0.2, 0.25) is 5.91 Å². The lowest BCUT2D eigenvalue weighted by Gasteiger charge is -2.42. The first-order valence-electron chi connectivity index (χ1n) is 12.9. The highest BCUT2D eigenvalue weighted by atomic mass is 16.5. The lowest BCUT2D eigenvalue weighted by Crippen LogP contribution is -2.61. The summed E-state index contributed by atoms with van der Waals surface area (Å²) in [6.45, 7) is 14.1. The van der Waals surface area contributed by atoms with Crippen molar-refractivity contribution in [2.24, 2.45) is 5.92 Å². The van der Waals surface area contributed by atoms with E-state index in [9.17, 15) is 9.59 Å². The first-order chi connectivity index (χ1) is 17.7. The summed E-state index contributed by atoms with van der Waals surface area (Å²) in [5.41, 5.74) is 2.47. The van der Waals surface area contributed by atoms with Crippen molar-refractivity contribution >= 4 is 29.9 Å². The number of methoxy groups -OCH3 is 1. The Kier molecular flexibility index (Phi) is 17.5. The van der Waals surface area contributed by atoms with E-state index in [0.29, 0.717) is 25.3 Å². The van der Waals surface area contributed by atoms with Gasteiger partial charge in [-0.05, 0) is 44.7 Å². The summed E-state index contributed by atoms with van der Waals surface area (Å²) in [5, 5.41) is 18.1. The highest BCUT2D eigenvalue weighted by Gasteiger charge is 2.34. The molecule has 37 heavy (non-hydrogen) atoms. The number of nitrogens with one attached hydrogen (secondary N) is 3. The van der Waals surface area contributed by atoms with Crippen molar-refractivity contribution in [2.45, 2.75) is 60.2 Å². The number of hydrogen-bond acceptors (Lipinski definition) is 7. The van der Waals surface area contributed by atoms with Gasteiger partial charge in [-0.15, -0.1) is 0 Å². The normalized spacial score (nSPS) is 18.2. The Hall–Kier alpha value is -3.10. The van der Waals surface area contributed by atoms with E-state index in [0.717, 1.165) is 29.7 Å². The minimum absolute atomic E-state index is 0.00859. The van der Waals surface area contributed by atoms with Gasteiger partial charge in [-0.25, -0.2) is 0 Å². The molecule has 1 saturated heterocycles. The zero-order valence-corrected chi connectivity index (χ0v) is 23.9. The van der Waals surface area contributed by atoms with Crippen molar-refractivity contribution in [3.63, 3.8) is 0 Å². The number of ether oxygens (including phenoxy) is 1. The summed E-state index contributed by atoms with van der Waals surface area (Å²) in [5.74, 6) is 1.02. The number of piperazine rings is 1. The minimum atomic E-state index is -0.268. The smallest absolute Gasteiger partial charge is 0.238 e. The fraction of sp³-hybridized carbons (Fsp3) is 0.517. The Morgan fingerprint density at radius 2 is 1.81 bits per heavy atom. The third kappa shape index (κ3) is 12.6. The molecule has 1 amide bonds. The third-order valence-electron chi connectivity index (χ3n) is 5.69. The van der Waals surface area contributed by atoms with Crippen LogP contribution in [0.5, 0.6) is 0 Å². The molecule has 1 aliphatic rings. The molecule has 0 bridgehead atoms. The van der Waals surface area contributed by atoms with Gasteiger partial charge in [0.1, 0.15) is 18.1 Å². The Morgan fingerprint density at radius 3 is 2.30 bits per heavy atom. The molecule has 1 aliphatic heterocycles. The quantitative estimate of drug-likeness (QED) is 0.244. The van der Waals surface area contributed by atoms with Crippen LogP contribution in [-0.2, 0) is 20.9 Å². The average Bonchev–Trinajstić information content (AvgIpc) is 2.90. The Bertz CT molecular complexity index is 893. The van der Waals surface area contributed by atoms with Gasteiger partial charge in [-0.2, -0.15) is 0 Å². The molecule has 0 radical (unpaired) electrons. The zero-order valence-electron chi connectivity index (χ0n) is 23.9. The van der Waals surface area contributed by atoms with E-state index < -0.39 is 0 Å². The van der Waals surface area contributed by atoms with Crippen molar-refractivity contribution in [2.75, 3.05) is 33.8 Å². The number of hydrogen-bond donors (Lipinski definition) is 3. The van der Waals surface area contributed by atoms with Crippen molar-refractivity contribution < 1.29 is 14.3 Å². The van der Waals surface area contributed by atoms with Crippen molar-refractivity contribution in [3.05, 3.63) is 53.6 Å². The maximum absolute atomic E-state index is 12.9. The summed E-state index contributed by atoms with van der Waals surface area (Å²) in [4.78, 5) is 26.6. The van der Waals surface area contributed by atoms with Gasteiger partial charge in [0, 0.05) is 55.6 Å². The van der Waals surface area contributed by atoms with E-state index in [4.69, 9.17) is 15.6 Å². The molecule has 2 unspecified atom stereocenters. The lowest BCUT2D eigenvalue weighted by molar-refractivity contribution is -0.129. The Balaban J connectivity index is 0.00000165. The maximum atomic E-state index is 12.9. The molecule has 0 aliphatic carbocycles. The molecule has 8 heteroatoms.